The highest BCUT2D eigenvalue weighted by atomic mass is 79.9. The van der Waals surface area contributed by atoms with Gasteiger partial charge in [0, 0.05) is 12.6 Å². The lowest BCUT2D eigenvalue weighted by molar-refractivity contribution is 0.0386. The van der Waals surface area contributed by atoms with E-state index in [1.165, 1.54) is 43.6 Å². The minimum absolute atomic E-state index is 0.133. The molecule has 18 heavy (non-hydrogen) atoms. The first-order valence-electron chi connectivity index (χ1n) is 6.69. The van der Waals surface area contributed by atoms with Crippen molar-refractivity contribution in [1.82, 2.24) is 9.27 Å². The Labute approximate surface area is 120 Å². The summed E-state index contributed by atoms with van der Waals surface area (Å²) in [7, 11) is 0. The van der Waals surface area contributed by atoms with Crippen LogP contribution < -0.4 is 0 Å². The van der Waals surface area contributed by atoms with E-state index in [0.717, 1.165) is 22.7 Å². The van der Waals surface area contributed by atoms with E-state index in [2.05, 4.69) is 25.2 Å². The van der Waals surface area contributed by atoms with E-state index in [-0.39, 0.29) is 5.91 Å². The second kappa shape index (κ2) is 5.29. The second-order valence-electron chi connectivity index (χ2n) is 5.27. The van der Waals surface area contributed by atoms with E-state index < -0.39 is 0 Å². The molecule has 0 N–H and O–H groups in total. The van der Waals surface area contributed by atoms with Crippen molar-refractivity contribution in [1.29, 1.82) is 0 Å². The fraction of sp³-hybridized carbons (Fsp3) is 0.692. The third-order valence-electron chi connectivity index (χ3n) is 4.20. The quantitative estimate of drug-likeness (QED) is 0.787. The first-order valence-corrected chi connectivity index (χ1v) is 8.25. The van der Waals surface area contributed by atoms with E-state index in [1.54, 1.807) is 0 Å². The van der Waals surface area contributed by atoms with Crippen LogP contribution in [-0.4, -0.2) is 27.8 Å². The number of halogens is 1. The summed E-state index contributed by atoms with van der Waals surface area (Å²) in [5.41, 5.74) is 0.609. The summed E-state index contributed by atoms with van der Waals surface area (Å²) in [6, 6.07) is 2.32. The van der Waals surface area contributed by atoms with Gasteiger partial charge in [-0.2, -0.15) is 4.37 Å². The zero-order valence-electron chi connectivity index (χ0n) is 10.3. The molecule has 2 fully saturated rings. The van der Waals surface area contributed by atoms with Gasteiger partial charge in [-0.15, -0.1) is 0 Å². The molecule has 1 aromatic heterocycles. The van der Waals surface area contributed by atoms with Crippen molar-refractivity contribution < 1.29 is 4.79 Å². The van der Waals surface area contributed by atoms with Gasteiger partial charge in [0.05, 0.1) is 3.79 Å². The largest absolute Gasteiger partial charge is 0.334 e. The Morgan fingerprint density at radius 1 is 1.33 bits per heavy atom. The van der Waals surface area contributed by atoms with Crippen LogP contribution in [0.2, 0.25) is 0 Å². The number of carbonyl (C=O) groups excluding carboxylic acids is 1. The van der Waals surface area contributed by atoms with Crippen LogP contribution >= 0.6 is 27.5 Å². The zero-order chi connectivity index (χ0) is 12.5. The number of likely N-dealkylation sites (tertiary alicyclic amines) is 1. The predicted octanol–water partition coefficient (Wildman–Crippen LogP) is 3.70. The van der Waals surface area contributed by atoms with Crippen molar-refractivity contribution in [3.05, 3.63) is 15.5 Å². The van der Waals surface area contributed by atoms with Crippen molar-refractivity contribution in [2.24, 2.45) is 5.92 Å². The Balaban J connectivity index is 1.79. The van der Waals surface area contributed by atoms with Crippen LogP contribution in [0, 0.1) is 5.92 Å². The van der Waals surface area contributed by atoms with E-state index in [0.29, 0.717) is 11.7 Å². The standard InChI is InChI=1S/C13H17BrN2OS/c14-12-8-10(15-18-12)13(17)16-7-3-5-9-4-1-2-6-11(9)16/h8-9,11H,1-7H2/t9?,11-/m0/s1. The summed E-state index contributed by atoms with van der Waals surface area (Å²) in [6.45, 7) is 0.912. The minimum Gasteiger partial charge on any atom is -0.334 e. The topological polar surface area (TPSA) is 33.2 Å². The molecule has 0 spiro atoms. The molecule has 1 saturated carbocycles. The molecule has 1 aromatic rings. The normalized spacial score (nSPS) is 27.9. The Morgan fingerprint density at radius 2 is 2.11 bits per heavy atom. The lowest BCUT2D eigenvalue weighted by Gasteiger charge is -2.43. The molecular weight excluding hydrogens is 312 g/mol. The highest BCUT2D eigenvalue weighted by Crippen LogP contribution is 2.36. The van der Waals surface area contributed by atoms with Gasteiger partial charge >= 0.3 is 0 Å². The Morgan fingerprint density at radius 3 is 2.89 bits per heavy atom. The molecule has 1 saturated heterocycles. The molecule has 2 aliphatic rings. The molecule has 2 heterocycles. The van der Waals surface area contributed by atoms with Gasteiger partial charge in [-0.05, 0) is 65.1 Å². The van der Waals surface area contributed by atoms with Gasteiger partial charge in [0.2, 0.25) is 0 Å². The summed E-state index contributed by atoms with van der Waals surface area (Å²) in [6.07, 6.45) is 7.54. The van der Waals surface area contributed by atoms with Crippen molar-refractivity contribution in [2.45, 2.75) is 44.6 Å². The summed E-state index contributed by atoms with van der Waals surface area (Å²) in [5.74, 6) is 0.868. The van der Waals surface area contributed by atoms with Crippen molar-refractivity contribution in [3.63, 3.8) is 0 Å². The van der Waals surface area contributed by atoms with Crippen LogP contribution in [0.25, 0.3) is 0 Å². The molecule has 0 radical (unpaired) electrons. The molecule has 0 bridgehead atoms. The zero-order valence-corrected chi connectivity index (χ0v) is 12.7. The number of rotatable bonds is 1. The lowest BCUT2D eigenvalue weighted by Crippen LogP contribution is -2.49. The molecule has 2 atom stereocenters. The van der Waals surface area contributed by atoms with Gasteiger partial charge in [-0.25, -0.2) is 0 Å². The maximum atomic E-state index is 12.5. The van der Waals surface area contributed by atoms with Crippen LogP contribution in [0.15, 0.2) is 9.85 Å². The number of hydrogen-bond donors (Lipinski definition) is 0. The maximum Gasteiger partial charge on any atom is 0.273 e. The lowest BCUT2D eigenvalue weighted by atomic mass is 9.78. The fourth-order valence-electron chi connectivity index (χ4n) is 3.38. The van der Waals surface area contributed by atoms with Crippen molar-refractivity contribution in [2.75, 3.05) is 6.54 Å². The highest BCUT2D eigenvalue weighted by molar-refractivity contribution is 9.11. The number of carbonyl (C=O) groups is 1. The highest BCUT2D eigenvalue weighted by Gasteiger charge is 2.36. The first-order chi connectivity index (χ1) is 8.75. The van der Waals surface area contributed by atoms with Crippen LogP contribution in [-0.2, 0) is 0 Å². The summed E-state index contributed by atoms with van der Waals surface area (Å²) in [4.78, 5) is 14.6. The Kier molecular flexibility index (Phi) is 3.71. The predicted molar refractivity (Wildman–Crippen MR) is 75.8 cm³/mol. The molecule has 1 aliphatic carbocycles. The van der Waals surface area contributed by atoms with Gasteiger partial charge in [-0.3, -0.25) is 4.79 Å². The number of nitrogens with zero attached hydrogens (tertiary/aromatic N) is 2. The Hall–Kier alpha value is -0.420. The third-order valence-corrected chi connectivity index (χ3v) is 5.45. The van der Waals surface area contributed by atoms with Crippen LogP contribution in [0.1, 0.15) is 49.0 Å². The van der Waals surface area contributed by atoms with Crippen LogP contribution in [0.4, 0.5) is 0 Å². The third kappa shape index (κ3) is 2.35. The molecule has 1 unspecified atom stereocenters. The molecule has 1 amide bonds. The first kappa shape index (κ1) is 12.6. The minimum atomic E-state index is 0.133. The average Bonchev–Trinajstić information content (AvgIpc) is 2.84. The number of hydrogen-bond acceptors (Lipinski definition) is 3. The smallest absolute Gasteiger partial charge is 0.273 e. The van der Waals surface area contributed by atoms with E-state index >= 15 is 0 Å². The SMILES string of the molecule is O=C(c1cc(Br)sn1)N1CCCC2CCCC[C@@H]21. The molecule has 3 rings (SSSR count). The maximum absolute atomic E-state index is 12.5. The molecule has 5 heteroatoms. The fourth-order valence-corrected chi connectivity index (χ4v) is 4.29. The summed E-state index contributed by atoms with van der Waals surface area (Å²) < 4.78 is 5.17. The second-order valence-corrected chi connectivity index (χ2v) is 7.45. The van der Waals surface area contributed by atoms with E-state index in [1.807, 2.05) is 6.07 Å². The van der Waals surface area contributed by atoms with Gasteiger partial charge in [-0.1, -0.05) is 12.8 Å². The molecule has 0 aromatic carbocycles. The number of piperidine rings is 1. The van der Waals surface area contributed by atoms with Gasteiger partial charge in [0.25, 0.3) is 5.91 Å². The van der Waals surface area contributed by atoms with Crippen LogP contribution in [0.5, 0.6) is 0 Å². The van der Waals surface area contributed by atoms with E-state index in [9.17, 15) is 4.79 Å². The molecule has 1 aliphatic heterocycles. The number of aromatic nitrogens is 1. The molecule has 98 valence electrons. The van der Waals surface area contributed by atoms with Crippen LogP contribution in [0.3, 0.4) is 0 Å². The van der Waals surface area contributed by atoms with Gasteiger partial charge < -0.3 is 4.90 Å². The molecular formula is C13H17BrN2OS. The van der Waals surface area contributed by atoms with Gasteiger partial charge in [0.1, 0.15) is 5.69 Å². The van der Waals surface area contributed by atoms with E-state index in [4.69, 9.17) is 0 Å². The summed E-state index contributed by atoms with van der Waals surface area (Å²) >= 11 is 4.72. The molecule has 3 nitrogen and oxygen atoms in total. The number of amides is 1. The van der Waals surface area contributed by atoms with Crippen molar-refractivity contribution in [3.8, 4) is 0 Å². The Bertz CT molecular complexity index is 446. The summed E-state index contributed by atoms with van der Waals surface area (Å²) in [5, 5.41) is 0. The monoisotopic (exact) mass is 328 g/mol. The van der Waals surface area contributed by atoms with Gasteiger partial charge in [0.15, 0.2) is 0 Å². The van der Waals surface area contributed by atoms with Crippen molar-refractivity contribution >= 4 is 33.4 Å². The average molecular weight is 329 g/mol. The number of fused-ring (bicyclic) bond motifs is 1.